The van der Waals surface area contributed by atoms with Crippen LogP contribution in [0.2, 0.25) is 0 Å². The molecule has 1 saturated heterocycles. The zero-order valence-electron chi connectivity index (χ0n) is 15.2. The third-order valence-electron chi connectivity index (χ3n) is 5.69. The van der Waals surface area contributed by atoms with Crippen LogP contribution < -0.4 is 0 Å². The van der Waals surface area contributed by atoms with Crippen LogP contribution in [0.3, 0.4) is 0 Å². The number of quaternary nitrogens is 1. The van der Waals surface area contributed by atoms with Crippen LogP contribution in [0.15, 0.2) is 60.7 Å². The first-order valence-electron chi connectivity index (χ1n) is 9.47. The molecule has 0 saturated carbocycles. The number of hydrogen-bond acceptors (Lipinski definition) is 1. The Morgan fingerprint density at radius 1 is 0.833 bits per heavy atom. The first-order valence-corrected chi connectivity index (χ1v) is 9.47. The van der Waals surface area contributed by atoms with E-state index in [0.717, 1.165) is 0 Å². The van der Waals surface area contributed by atoms with Gasteiger partial charge in [0.1, 0.15) is 0 Å². The summed E-state index contributed by atoms with van der Waals surface area (Å²) in [7, 11) is 0. The summed E-state index contributed by atoms with van der Waals surface area (Å²) in [5.41, 5.74) is 2.83. The second-order valence-corrected chi connectivity index (χ2v) is 7.09. The Labute approximate surface area is 147 Å². The molecule has 0 bridgehead atoms. The fraction of sp³-hybridized carbons (Fsp3) is 0.455. The average molecular weight is 324 g/mol. The van der Waals surface area contributed by atoms with Crippen molar-refractivity contribution in [3.63, 3.8) is 0 Å². The maximum Gasteiger partial charge on any atom is 0.0916 e. The summed E-state index contributed by atoms with van der Waals surface area (Å²) in [5.74, 6) is 0. The Morgan fingerprint density at radius 3 is 1.75 bits per heavy atom. The lowest BCUT2D eigenvalue weighted by molar-refractivity contribution is -0.930. The second-order valence-electron chi connectivity index (χ2n) is 7.09. The van der Waals surface area contributed by atoms with Crippen molar-refractivity contribution in [2.24, 2.45) is 0 Å². The fourth-order valence-corrected chi connectivity index (χ4v) is 4.22. The topological polar surface area (TPSA) is 3.24 Å². The molecule has 0 atom stereocenters. The minimum Gasteiger partial charge on any atom is -0.322 e. The van der Waals surface area contributed by atoms with E-state index in [4.69, 9.17) is 0 Å². The maximum atomic E-state index is 2.69. The molecular formula is C22H31N2+. The molecule has 1 aliphatic heterocycles. The molecule has 2 nitrogen and oxygen atoms in total. The number of likely N-dealkylation sites (N-methyl/N-ethyl adjacent to an activating group) is 1. The van der Waals surface area contributed by atoms with E-state index in [0.29, 0.717) is 6.04 Å². The third kappa shape index (κ3) is 3.71. The number of rotatable bonds is 6. The molecule has 0 spiro atoms. The number of piperazine rings is 1. The van der Waals surface area contributed by atoms with Crippen molar-refractivity contribution in [2.45, 2.75) is 26.3 Å². The summed E-state index contributed by atoms with van der Waals surface area (Å²) in [6, 6.07) is 22.4. The van der Waals surface area contributed by atoms with Crippen LogP contribution in [-0.4, -0.2) is 48.7 Å². The van der Waals surface area contributed by atoms with Gasteiger partial charge in [-0.25, -0.2) is 0 Å². The lowest BCUT2D eigenvalue weighted by atomic mass is 9.96. The van der Waals surface area contributed by atoms with Gasteiger partial charge in [-0.3, -0.25) is 4.90 Å². The van der Waals surface area contributed by atoms with Gasteiger partial charge in [-0.1, -0.05) is 67.6 Å². The number of nitrogens with zero attached hydrogens (tertiary/aromatic N) is 2. The molecule has 1 fully saturated rings. The van der Waals surface area contributed by atoms with Crippen molar-refractivity contribution in [3.8, 4) is 0 Å². The maximum absolute atomic E-state index is 2.69. The van der Waals surface area contributed by atoms with Crippen molar-refractivity contribution in [1.29, 1.82) is 0 Å². The predicted octanol–water partition coefficient (Wildman–Crippen LogP) is 4.34. The molecule has 0 unspecified atom stereocenters. The van der Waals surface area contributed by atoms with Gasteiger partial charge in [0.15, 0.2) is 0 Å². The first kappa shape index (κ1) is 17.2. The van der Waals surface area contributed by atoms with Crippen molar-refractivity contribution in [1.82, 2.24) is 4.90 Å². The Hall–Kier alpha value is -1.64. The number of benzene rings is 2. The van der Waals surface area contributed by atoms with Gasteiger partial charge in [-0.2, -0.15) is 0 Å². The molecule has 1 heterocycles. The van der Waals surface area contributed by atoms with Gasteiger partial charge in [0.25, 0.3) is 0 Å². The summed E-state index contributed by atoms with van der Waals surface area (Å²) in [4.78, 5) is 2.69. The molecule has 0 amide bonds. The smallest absolute Gasteiger partial charge is 0.0916 e. The Kier molecular flexibility index (Phi) is 5.70. The van der Waals surface area contributed by atoms with Crippen molar-refractivity contribution >= 4 is 0 Å². The number of hydrogen-bond donors (Lipinski definition) is 0. The van der Waals surface area contributed by atoms with Crippen LogP contribution >= 0.6 is 0 Å². The Bertz CT molecular complexity index is 561. The van der Waals surface area contributed by atoms with Crippen LogP contribution in [0.4, 0.5) is 0 Å². The zero-order chi connectivity index (χ0) is 16.8. The largest absolute Gasteiger partial charge is 0.322 e. The minimum atomic E-state index is 0.382. The lowest BCUT2D eigenvalue weighted by Crippen LogP contribution is -2.60. The quantitative estimate of drug-likeness (QED) is 0.715. The van der Waals surface area contributed by atoms with E-state index in [1.165, 1.54) is 61.3 Å². The highest BCUT2D eigenvalue weighted by atomic mass is 15.4. The highest BCUT2D eigenvalue weighted by Crippen LogP contribution is 2.30. The van der Waals surface area contributed by atoms with Crippen LogP contribution in [0, 0.1) is 0 Å². The Morgan fingerprint density at radius 2 is 1.33 bits per heavy atom. The van der Waals surface area contributed by atoms with E-state index in [9.17, 15) is 0 Å². The molecule has 0 aromatic heterocycles. The highest BCUT2D eigenvalue weighted by Gasteiger charge is 2.34. The van der Waals surface area contributed by atoms with Gasteiger partial charge >= 0.3 is 0 Å². The van der Waals surface area contributed by atoms with E-state index < -0.39 is 0 Å². The summed E-state index contributed by atoms with van der Waals surface area (Å²) < 4.78 is 1.29. The zero-order valence-corrected chi connectivity index (χ0v) is 15.2. The van der Waals surface area contributed by atoms with Gasteiger partial charge < -0.3 is 4.48 Å². The van der Waals surface area contributed by atoms with E-state index >= 15 is 0 Å². The first-order chi connectivity index (χ1) is 11.8. The molecule has 1 aliphatic rings. The molecule has 0 radical (unpaired) electrons. The third-order valence-corrected chi connectivity index (χ3v) is 5.69. The van der Waals surface area contributed by atoms with E-state index in [1.807, 2.05) is 0 Å². The van der Waals surface area contributed by atoms with E-state index in [1.54, 1.807) is 0 Å². The van der Waals surface area contributed by atoms with Crippen molar-refractivity contribution in [2.75, 3.05) is 39.3 Å². The normalized spacial score (nSPS) is 18.0. The monoisotopic (exact) mass is 323 g/mol. The standard InChI is InChI=1S/C22H31N2/c1-3-17-24(4-2)18-15-23(16-19-24)22(20-11-7-5-8-12-20)21-13-9-6-10-14-21/h5-14,22H,3-4,15-19H2,1-2H3/q+1. The van der Waals surface area contributed by atoms with Crippen LogP contribution in [0.1, 0.15) is 37.4 Å². The summed E-state index contributed by atoms with van der Waals surface area (Å²) >= 11 is 0. The second kappa shape index (κ2) is 7.96. The van der Waals surface area contributed by atoms with Gasteiger partial charge in [0.05, 0.1) is 32.2 Å². The molecule has 128 valence electrons. The van der Waals surface area contributed by atoms with Crippen LogP contribution in [0.5, 0.6) is 0 Å². The van der Waals surface area contributed by atoms with Crippen molar-refractivity contribution in [3.05, 3.63) is 71.8 Å². The Balaban J connectivity index is 1.83. The van der Waals surface area contributed by atoms with Crippen molar-refractivity contribution < 1.29 is 4.48 Å². The molecule has 2 aromatic rings. The molecular weight excluding hydrogens is 292 g/mol. The average Bonchev–Trinajstić information content (AvgIpc) is 2.65. The van der Waals surface area contributed by atoms with Gasteiger partial charge in [-0.15, -0.1) is 0 Å². The highest BCUT2D eigenvalue weighted by molar-refractivity contribution is 5.31. The van der Waals surface area contributed by atoms with Gasteiger partial charge in [0.2, 0.25) is 0 Å². The van der Waals surface area contributed by atoms with E-state index in [-0.39, 0.29) is 0 Å². The molecule has 3 rings (SSSR count). The van der Waals surface area contributed by atoms with Gasteiger partial charge in [-0.05, 0) is 24.5 Å². The SMILES string of the molecule is CCC[N+]1(CC)CCN(C(c2ccccc2)c2ccccc2)CC1. The van der Waals surface area contributed by atoms with E-state index in [2.05, 4.69) is 79.4 Å². The lowest BCUT2D eigenvalue weighted by Gasteiger charge is -2.46. The molecule has 0 aliphatic carbocycles. The fourth-order valence-electron chi connectivity index (χ4n) is 4.22. The minimum absolute atomic E-state index is 0.382. The molecule has 24 heavy (non-hydrogen) atoms. The van der Waals surface area contributed by atoms with Crippen LogP contribution in [0.25, 0.3) is 0 Å². The summed E-state index contributed by atoms with van der Waals surface area (Å²) in [6.07, 6.45) is 1.29. The van der Waals surface area contributed by atoms with Gasteiger partial charge in [0, 0.05) is 13.1 Å². The van der Waals surface area contributed by atoms with Crippen LogP contribution in [-0.2, 0) is 0 Å². The molecule has 0 N–H and O–H groups in total. The molecule has 2 aromatic carbocycles. The molecule has 2 heteroatoms. The summed E-state index contributed by atoms with van der Waals surface area (Å²) in [5, 5.41) is 0. The predicted molar refractivity (Wildman–Crippen MR) is 102 cm³/mol. The summed E-state index contributed by atoms with van der Waals surface area (Å²) in [6.45, 7) is 12.2.